The van der Waals surface area contributed by atoms with Crippen molar-refractivity contribution in [1.82, 2.24) is 9.62 Å². The van der Waals surface area contributed by atoms with Gasteiger partial charge in [-0.05, 0) is 31.4 Å². The molecule has 0 aliphatic heterocycles. The number of esters is 2. The number of rotatable bonds is 11. The molecule has 0 aliphatic rings. The Hall–Kier alpha value is -2.79. The molecule has 0 radical (unpaired) electrons. The average molecular weight is 457 g/mol. The lowest BCUT2D eigenvalue weighted by Crippen LogP contribution is -2.44. The molecule has 10 nitrogen and oxygen atoms in total. The first kappa shape index (κ1) is 26.2. The van der Waals surface area contributed by atoms with Gasteiger partial charge in [-0.3, -0.25) is 14.4 Å². The van der Waals surface area contributed by atoms with E-state index in [0.29, 0.717) is 12.0 Å². The van der Waals surface area contributed by atoms with E-state index in [-0.39, 0.29) is 16.6 Å². The Morgan fingerprint density at radius 2 is 1.68 bits per heavy atom. The predicted molar refractivity (Wildman–Crippen MR) is 111 cm³/mol. The van der Waals surface area contributed by atoms with Gasteiger partial charge in [0, 0.05) is 12.6 Å². The van der Waals surface area contributed by atoms with Crippen LogP contribution in [0.15, 0.2) is 29.2 Å². The van der Waals surface area contributed by atoms with E-state index in [1.807, 2.05) is 13.8 Å². The Morgan fingerprint density at radius 3 is 2.16 bits per heavy atom. The van der Waals surface area contributed by atoms with Crippen LogP contribution < -0.4 is 5.32 Å². The van der Waals surface area contributed by atoms with Crippen LogP contribution in [0.25, 0.3) is 0 Å². The summed E-state index contributed by atoms with van der Waals surface area (Å²) in [6.07, 6.45) is 0.343. The lowest BCUT2D eigenvalue weighted by Gasteiger charge is -2.19. The topological polar surface area (TPSA) is 136 Å². The van der Waals surface area contributed by atoms with Gasteiger partial charge in [0.2, 0.25) is 10.0 Å². The zero-order valence-corrected chi connectivity index (χ0v) is 19.0. The maximum atomic E-state index is 12.5. The highest BCUT2D eigenvalue weighted by molar-refractivity contribution is 7.89. The molecular formula is C20H28N2O8S. The smallest absolute Gasteiger partial charge is 0.328 e. The fourth-order valence-electron chi connectivity index (χ4n) is 2.56. The van der Waals surface area contributed by atoms with Crippen LogP contribution in [0.4, 0.5) is 0 Å². The monoisotopic (exact) mass is 456 g/mol. The number of hydrogen-bond donors (Lipinski definition) is 1. The molecule has 1 rings (SSSR count). The fourth-order valence-corrected chi connectivity index (χ4v) is 3.68. The van der Waals surface area contributed by atoms with E-state index < -0.39 is 47.1 Å². The van der Waals surface area contributed by atoms with E-state index in [2.05, 4.69) is 10.1 Å². The van der Waals surface area contributed by atoms with Gasteiger partial charge in [-0.25, -0.2) is 13.2 Å². The zero-order valence-electron chi connectivity index (χ0n) is 18.2. The Bertz CT molecular complexity index is 910. The molecule has 0 spiro atoms. The second-order valence-electron chi connectivity index (χ2n) is 7.28. The second kappa shape index (κ2) is 11.6. The van der Waals surface area contributed by atoms with Crippen LogP contribution in [0.1, 0.15) is 37.6 Å². The highest BCUT2D eigenvalue weighted by Gasteiger charge is 2.25. The summed E-state index contributed by atoms with van der Waals surface area (Å²) >= 11 is 0. The van der Waals surface area contributed by atoms with Crippen LogP contribution in [0, 0.1) is 5.92 Å². The van der Waals surface area contributed by atoms with Crippen LogP contribution in [0.5, 0.6) is 0 Å². The number of benzene rings is 1. The number of hydrogen-bond acceptors (Lipinski definition) is 8. The first-order valence-corrected chi connectivity index (χ1v) is 10.9. The molecule has 0 heterocycles. The van der Waals surface area contributed by atoms with Crippen molar-refractivity contribution >= 4 is 33.7 Å². The van der Waals surface area contributed by atoms with Gasteiger partial charge < -0.3 is 14.8 Å². The third kappa shape index (κ3) is 8.10. The Morgan fingerprint density at radius 1 is 1.10 bits per heavy atom. The van der Waals surface area contributed by atoms with Crippen molar-refractivity contribution in [2.45, 2.75) is 38.1 Å². The summed E-state index contributed by atoms with van der Waals surface area (Å²) in [4.78, 5) is 46.9. The number of Topliss-reactive ketones (excluding diaryl/α,β-unsaturated/α-hetero) is 1. The Labute approximate surface area is 181 Å². The second-order valence-corrected chi connectivity index (χ2v) is 9.32. The van der Waals surface area contributed by atoms with Crippen molar-refractivity contribution < 1.29 is 37.1 Å². The maximum absolute atomic E-state index is 12.5. The van der Waals surface area contributed by atoms with Gasteiger partial charge in [0.05, 0.1) is 12.0 Å². The summed E-state index contributed by atoms with van der Waals surface area (Å²) in [6, 6.07) is 4.41. The molecule has 1 aromatic rings. The Kier molecular flexibility index (Phi) is 9.79. The number of methoxy groups -OCH3 is 1. The summed E-state index contributed by atoms with van der Waals surface area (Å²) in [5.74, 6) is -2.37. The molecule has 172 valence electrons. The minimum Gasteiger partial charge on any atom is -0.467 e. The molecule has 0 aliphatic carbocycles. The highest BCUT2D eigenvalue weighted by atomic mass is 32.2. The van der Waals surface area contributed by atoms with Gasteiger partial charge in [-0.2, -0.15) is 4.31 Å². The quantitative estimate of drug-likeness (QED) is 0.381. The van der Waals surface area contributed by atoms with Crippen LogP contribution in [-0.4, -0.2) is 69.7 Å². The predicted octanol–water partition coefficient (Wildman–Crippen LogP) is 0.757. The maximum Gasteiger partial charge on any atom is 0.328 e. The van der Waals surface area contributed by atoms with E-state index in [0.717, 1.165) is 4.31 Å². The van der Waals surface area contributed by atoms with Crippen molar-refractivity contribution in [1.29, 1.82) is 0 Å². The summed E-state index contributed by atoms with van der Waals surface area (Å²) in [7, 11) is -1.62. The summed E-state index contributed by atoms with van der Waals surface area (Å²) in [5.41, 5.74) is 0.356. The molecule has 0 saturated carbocycles. The van der Waals surface area contributed by atoms with Crippen molar-refractivity contribution in [2.75, 3.05) is 27.3 Å². The molecule has 1 atom stereocenters. The third-order valence-corrected chi connectivity index (χ3v) is 6.03. The van der Waals surface area contributed by atoms with Crippen LogP contribution in [0.2, 0.25) is 0 Å². The van der Waals surface area contributed by atoms with Gasteiger partial charge in [0.15, 0.2) is 12.4 Å². The zero-order chi connectivity index (χ0) is 23.8. The highest BCUT2D eigenvalue weighted by Crippen LogP contribution is 2.15. The van der Waals surface area contributed by atoms with E-state index in [4.69, 9.17) is 4.74 Å². The molecule has 0 aromatic heterocycles. The van der Waals surface area contributed by atoms with Crippen molar-refractivity contribution in [3.63, 3.8) is 0 Å². The molecule has 0 fully saturated rings. The number of sulfonamides is 1. The molecule has 0 saturated heterocycles. The standard InChI is InChI=1S/C20H28N2O8S/c1-13(2)10-17(20(26)29-5)21-18(24)12-30-19(25)11-22(4)31(27,28)16-8-6-15(7-9-16)14(3)23/h6-9,13,17H,10-12H2,1-5H3,(H,21,24). The third-order valence-electron chi connectivity index (χ3n) is 4.21. The molecule has 1 unspecified atom stereocenters. The van der Waals surface area contributed by atoms with Gasteiger partial charge in [0.1, 0.15) is 12.6 Å². The molecule has 0 bridgehead atoms. The average Bonchev–Trinajstić information content (AvgIpc) is 2.70. The first-order chi connectivity index (χ1) is 14.4. The largest absolute Gasteiger partial charge is 0.467 e. The summed E-state index contributed by atoms with van der Waals surface area (Å²) in [5, 5.41) is 2.43. The molecule has 1 aromatic carbocycles. The minimum atomic E-state index is -4.00. The normalized spacial score (nSPS) is 12.4. The number of amides is 1. The number of carbonyl (C=O) groups excluding carboxylic acids is 4. The summed E-state index contributed by atoms with van der Waals surface area (Å²) in [6.45, 7) is 3.79. The molecule has 1 amide bonds. The minimum absolute atomic E-state index is 0.0971. The number of nitrogens with one attached hydrogen (secondary N) is 1. The molecule has 1 N–H and O–H groups in total. The SMILES string of the molecule is COC(=O)C(CC(C)C)NC(=O)COC(=O)CN(C)S(=O)(=O)c1ccc(C(C)=O)cc1. The fraction of sp³-hybridized carbons (Fsp3) is 0.500. The van der Waals surface area contributed by atoms with Gasteiger partial charge in [-0.1, -0.05) is 26.0 Å². The van der Waals surface area contributed by atoms with Crippen LogP contribution in [-0.2, 0) is 33.9 Å². The van der Waals surface area contributed by atoms with E-state index in [1.54, 1.807) is 0 Å². The summed E-state index contributed by atoms with van der Waals surface area (Å²) < 4.78 is 35.3. The molecular weight excluding hydrogens is 428 g/mol. The Balaban J connectivity index is 2.65. The van der Waals surface area contributed by atoms with E-state index in [9.17, 15) is 27.6 Å². The lowest BCUT2D eigenvalue weighted by molar-refractivity contribution is -0.150. The van der Waals surface area contributed by atoms with E-state index >= 15 is 0 Å². The van der Waals surface area contributed by atoms with Gasteiger partial charge in [-0.15, -0.1) is 0 Å². The number of likely N-dealkylation sites (N-methyl/N-ethyl adjacent to an activating group) is 1. The van der Waals surface area contributed by atoms with Crippen LogP contribution >= 0.6 is 0 Å². The van der Waals surface area contributed by atoms with E-state index in [1.165, 1.54) is 45.3 Å². The number of ether oxygens (including phenoxy) is 2. The van der Waals surface area contributed by atoms with Crippen molar-refractivity contribution in [3.05, 3.63) is 29.8 Å². The van der Waals surface area contributed by atoms with Crippen LogP contribution in [0.3, 0.4) is 0 Å². The molecule has 31 heavy (non-hydrogen) atoms. The lowest BCUT2D eigenvalue weighted by atomic mass is 10.0. The van der Waals surface area contributed by atoms with Gasteiger partial charge >= 0.3 is 11.9 Å². The van der Waals surface area contributed by atoms with Crippen molar-refractivity contribution in [3.8, 4) is 0 Å². The number of nitrogens with zero attached hydrogens (tertiary/aromatic N) is 1. The molecule has 11 heteroatoms. The first-order valence-electron chi connectivity index (χ1n) is 9.48. The number of ketones is 1. The van der Waals surface area contributed by atoms with Crippen molar-refractivity contribution in [2.24, 2.45) is 5.92 Å². The number of carbonyl (C=O) groups is 4. The van der Waals surface area contributed by atoms with Gasteiger partial charge in [0.25, 0.3) is 5.91 Å².